The van der Waals surface area contributed by atoms with Crippen molar-refractivity contribution in [2.75, 3.05) is 18.1 Å². The summed E-state index contributed by atoms with van der Waals surface area (Å²) in [5.74, 6) is 0.428. The molecule has 2 aromatic rings. The molecule has 2 heterocycles. The average Bonchev–Trinajstić information content (AvgIpc) is 2.87. The van der Waals surface area contributed by atoms with Gasteiger partial charge in [0.1, 0.15) is 0 Å². The van der Waals surface area contributed by atoms with Crippen molar-refractivity contribution in [3.05, 3.63) is 20.8 Å². The van der Waals surface area contributed by atoms with Gasteiger partial charge in [0.25, 0.3) is 5.56 Å². The molecule has 2 rings (SSSR count). The maximum absolute atomic E-state index is 12.0. The van der Waals surface area contributed by atoms with Crippen molar-refractivity contribution in [3.8, 4) is 0 Å². The fraction of sp³-hybridized carbons (Fsp3) is 0.583. The maximum Gasteiger partial charge on any atom is 0.332 e. The number of fused-ring (bicyclic) bond motifs is 1. The molecule has 0 amide bonds. The molecule has 0 saturated heterocycles. The molecule has 2 unspecified atom stereocenters. The predicted molar refractivity (Wildman–Crippen MR) is 83.2 cm³/mol. The fourth-order valence-electron chi connectivity index (χ4n) is 1.97. The van der Waals surface area contributed by atoms with Crippen molar-refractivity contribution in [2.24, 2.45) is 14.1 Å². The van der Waals surface area contributed by atoms with Gasteiger partial charge >= 0.3 is 5.69 Å². The lowest BCUT2D eigenvalue weighted by atomic mass is 10.3. The molecule has 0 aromatic carbocycles. The highest BCUT2D eigenvalue weighted by molar-refractivity contribution is 7.84. The Morgan fingerprint density at radius 1 is 1.33 bits per heavy atom. The third kappa shape index (κ3) is 2.92. The Morgan fingerprint density at radius 3 is 2.62 bits per heavy atom. The molecule has 0 aliphatic carbocycles. The zero-order valence-corrected chi connectivity index (χ0v) is 13.3. The van der Waals surface area contributed by atoms with Crippen LogP contribution in [0, 0.1) is 0 Å². The monoisotopic (exact) mass is 313 g/mol. The molecule has 0 fully saturated rings. The van der Waals surface area contributed by atoms with Crippen LogP contribution in [-0.4, -0.2) is 41.4 Å². The number of hydrogen-bond donors (Lipinski definition) is 2. The minimum Gasteiger partial charge on any atom is -0.356 e. The van der Waals surface area contributed by atoms with Crippen LogP contribution in [0.25, 0.3) is 11.2 Å². The third-order valence-electron chi connectivity index (χ3n) is 3.50. The summed E-state index contributed by atoms with van der Waals surface area (Å²) in [6, 6.07) is 0. The van der Waals surface area contributed by atoms with Crippen molar-refractivity contribution in [2.45, 2.75) is 18.6 Å². The summed E-state index contributed by atoms with van der Waals surface area (Å²) in [5.41, 5.74) is -0.218. The Morgan fingerprint density at radius 2 is 2.00 bits per heavy atom. The van der Waals surface area contributed by atoms with Crippen LogP contribution in [0.15, 0.2) is 9.59 Å². The number of aromatic amines is 1. The SMILES string of the molecule is CC(CCNc1nc2c([nH]1)c(=O)n(C)c(=O)n2C)S(C)=O. The summed E-state index contributed by atoms with van der Waals surface area (Å²) in [6.07, 6.45) is 2.39. The zero-order chi connectivity index (χ0) is 15.7. The molecule has 0 aliphatic rings. The van der Waals surface area contributed by atoms with Crippen LogP contribution in [0.4, 0.5) is 5.95 Å². The first kappa shape index (κ1) is 15.5. The van der Waals surface area contributed by atoms with Gasteiger partial charge in [-0.15, -0.1) is 0 Å². The highest BCUT2D eigenvalue weighted by Crippen LogP contribution is 2.09. The van der Waals surface area contributed by atoms with E-state index in [2.05, 4.69) is 15.3 Å². The van der Waals surface area contributed by atoms with E-state index in [1.807, 2.05) is 6.92 Å². The summed E-state index contributed by atoms with van der Waals surface area (Å²) in [4.78, 5) is 30.9. The number of hydrogen-bond acceptors (Lipinski definition) is 5. The minimum absolute atomic E-state index is 0.0825. The van der Waals surface area contributed by atoms with Gasteiger partial charge in [0, 0.05) is 42.9 Å². The van der Waals surface area contributed by atoms with Gasteiger partial charge in [-0.2, -0.15) is 4.98 Å². The second-order valence-corrected chi connectivity index (χ2v) is 6.82. The molecule has 0 bridgehead atoms. The molecule has 2 aromatic heterocycles. The van der Waals surface area contributed by atoms with Crippen LogP contribution < -0.4 is 16.6 Å². The first-order valence-electron chi connectivity index (χ1n) is 6.54. The Kier molecular flexibility index (Phi) is 4.31. The highest BCUT2D eigenvalue weighted by Gasteiger charge is 2.13. The molecular weight excluding hydrogens is 294 g/mol. The normalized spacial score (nSPS) is 14.3. The first-order chi connectivity index (χ1) is 9.82. The molecule has 21 heavy (non-hydrogen) atoms. The number of aromatic nitrogens is 4. The number of rotatable bonds is 5. The molecule has 0 spiro atoms. The van der Waals surface area contributed by atoms with Gasteiger partial charge in [-0.25, -0.2) is 4.79 Å². The molecule has 2 N–H and O–H groups in total. The lowest BCUT2D eigenvalue weighted by Crippen LogP contribution is -2.36. The Bertz CT molecular complexity index is 804. The molecule has 0 radical (unpaired) electrons. The molecule has 0 aliphatic heterocycles. The summed E-state index contributed by atoms with van der Waals surface area (Å²) >= 11 is 0. The molecule has 8 nitrogen and oxygen atoms in total. The maximum atomic E-state index is 12.0. The topological polar surface area (TPSA) is 102 Å². The van der Waals surface area contributed by atoms with Crippen molar-refractivity contribution in [1.29, 1.82) is 0 Å². The number of imidazole rings is 1. The van der Waals surface area contributed by atoms with Gasteiger partial charge in [-0.05, 0) is 6.42 Å². The Hall–Kier alpha value is -1.90. The molecule has 0 saturated carbocycles. The van der Waals surface area contributed by atoms with E-state index in [0.717, 1.165) is 11.0 Å². The van der Waals surface area contributed by atoms with E-state index in [9.17, 15) is 13.8 Å². The van der Waals surface area contributed by atoms with Gasteiger partial charge in [0.15, 0.2) is 11.2 Å². The van der Waals surface area contributed by atoms with Crippen molar-refractivity contribution in [1.82, 2.24) is 19.1 Å². The van der Waals surface area contributed by atoms with Gasteiger partial charge in [0.05, 0.1) is 0 Å². The number of anilines is 1. The van der Waals surface area contributed by atoms with E-state index >= 15 is 0 Å². The second-order valence-electron chi connectivity index (χ2n) is 5.01. The van der Waals surface area contributed by atoms with Crippen molar-refractivity contribution >= 4 is 27.9 Å². The quantitative estimate of drug-likeness (QED) is 0.777. The lowest BCUT2D eigenvalue weighted by molar-refractivity contribution is 0.672. The smallest absolute Gasteiger partial charge is 0.332 e. The summed E-state index contributed by atoms with van der Waals surface area (Å²) in [5, 5.41) is 3.13. The van der Waals surface area contributed by atoms with E-state index in [1.54, 1.807) is 13.3 Å². The Balaban J connectivity index is 2.26. The van der Waals surface area contributed by atoms with Gasteiger partial charge in [-0.3, -0.25) is 18.1 Å². The Labute approximate surface area is 123 Å². The number of aryl methyl sites for hydroxylation is 1. The van der Waals surface area contributed by atoms with E-state index in [4.69, 9.17) is 0 Å². The van der Waals surface area contributed by atoms with Gasteiger partial charge in [0.2, 0.25) is 5.95 Å². The standard InChI is InChI=1S/C12H19N5O3S/c1-7(21(4)20)5-6-13-11-14-8-9(15-11)16(2)12(19)17(3)10(8)18/h7H,5-6H2,1-4H3,(H2,13,14,15). The first-order valence-corrected chi connectivity index (χ1v) is 8.17. The van der Waals surface area contributed by atoms with E-state index in [1.165, 1.54) is 11.6 Å². The lowest BCUT2D eigenvalue weighted by Gasteiger charge is -2.07. The van der Waals surface area contributed by atoms with Crippen LogP contribution in [0.1, 0.15) is 13.3 Å². The van der Waals surface area contributed by atoms with Gasteiger partial charge < -0.3 is 10.3 Å². The zero-order valence-electron chi connectivity index (χ0n) is 12.5. The third-order valence-corrected chi connectivity index (χ3v) is 4.87. The summed E-state index contributed by atoms with van der Waals surface area (Å²) in [6.45, 7) is 2.49. The van der Waals surface area contributed by atoms with Gasteiger partial charge in [-0.1, -0.05) is 6.92 Å². The van der Waals surface area contributed by atoms with E-state index < -0.39 is 22.0 Å². The summed E-state index contributed by atoms with van der Waals surface area (Å²) < 4.78 is 13.6. The molecule has 2 atom stereocenters. The number of nitrogens with zero attached hydrogens (tertiary/aromatic N) is 3. The second kappa shape index (κ2) is 5.84. The number of H-pyrrole nitrogens is 1. The summed E-state index contributed by atoms with van der Waals surface area (Å²) in [7, 11) is 2.13. The largest absolute Gasteiger partial charge is 0.356 e. The molecular formula is C12H19N5O3S. The minimum atomic E-state index is -0.866. The molecule has 9 heteroatoms. The van der Waals surface area contributed by atoms with Crippen molar-refractivity contribution < 1.29 is 4.21 Å². The number of nitrogens with one attached hydrogen (secondary N) is 2. The highest BCUT2D eigenvalue weighted by atomic mass is 32.2. The fourth-order valence-corrected chi connectivity index (χ4v) is 2.42. The predicted octanol–water partition coefficient (Wildman–Crippen LogP) is -0.471. The van der Waals surface area contributed by atoms with Crippen LogP contribution in [0.2, 0.25) is 0 Å². The van der Waals surface area contributed by atoms with Crippen LogP contribution >= 0.6 is 0 Å². The van der Waals surface area contributed by atoms with Crippen LogP contribution in [-0.2, 0) is 24.9 Å². The van der Waals surface area contributed by atoms with Crippen molar-refractivity contribution in [3.63, 3.8) is 0 Å². The van der Waals surface area contributed by atoms with Crippen LogP contribution in [0.3, 0.4) is 0 Å². The average molecular weight is 313 g/mol. The van der Waals surface area contributed by atoms with E-state index in [0.29, 0.717) is 18.1 Å². The van der Waals surface area contributed by atoms with Crippen LogP contribution in [0.5, 0.6) is 0 Å². The molecule has 116 valence electrons. The van der Waals surface area contributed by atoms with E-state index in [-0.39, 0.29) is 10.8 Å².